The van der Waals surface area contributed by atoms with Gasteiger partial charge in [0, 0.05) is 6.20 Å². The Labute approximate surface area is 118 Å². The van der Waals surface area contributed by atoms with Crippen LogP contribution in [-0.2, 0) is 6.42 Å². The van der Waals surface area contributed by atoms with E-state index in [1.165, 1.54) is 5.56 Å². The first-order valence-electron chi connectivity index (χ1n) is 6.41. The summed E-state index contributed by atoms with van der Waals surface area (Å²) in [6.07, 6.45) is 3.90. The van der Waals surface area contributed by atoms with Gasteiger partial charge >= 0.3 is 0 Å². The molecule has 1 unspecified atom stereocenters. The van der Waals surface area contributed by atoms with E-state index in [-0.39, 0.29) is 6.04 Å². The van der Waals surface area contributed by atoms with Crippen LogP contribution < -0.4 is 11.3 Å². The number of hydrogen-bond acceptors (Lipinski definition) is 3. The summed E-state index contributed by atoms with van der Waals surface area (Å²) in [7, 11) is 0. The highest BCUT2D eigenvalue weighted by atomic mass is 35.5. The Kier molecular flexibility index (Phi) is 4.91. The van der Waals surface area contributed by atoms with Crippen molar-refractivity contribution in [1.82, 2.24) is 10.4 Å². The van der Waals surface area contributed by atoms with Crippen molar-refractivity contribution in [3.63, 3.8) is 0 Å². The molecule has 19 heavy (non-hydrogen) atoms. The first-order valence-corrected chi connectivity index (χ1v) is 6.79. The maximum atomic E-state index is 6.19. The van der Waals surface area contributed by atoms with E-state index in [1.54, 1.807) is 6.20 Å². The van der Waals surface area contributed by atoms with Crippen LogP contribution >= 0.6 is 11.6 Å². The van der Waals surface area contributed by atoms with Crippen LogP contribution in [0.5, 0.6) is 0 Å². The number of aryl methyl sites for hydroxylation is 1. The third-order valence-corrected chi connectivity index (χ3v) is 3.37. The van der Waals surface area contributed by atoms with Crippen molar-refractivity contribution < 1.29 is 0 Å². The lowest BCUT2D eigenvalue weighted by Gasteiger charge is -2.17. The third-order valence-electron chi connectivity index (χ3n) is 3.05. The van der Waals surface area contributed by atoms with Crippen molar-refractivity contribution in [2.24, 2.45) is 5.84 Å². The summed E-state index contributed by atoms with van der Waals surface area (Å²) in [4.78, 5) is 4.33. The molecule has 0 aliphatic heterocycles. The lowest BCUT2D eigenvalue weighted by Crippen LogP contribution is -2.29. The Bertz CT molecular complexity index is 542. The molecule has 3 nitrogen and oxygen atoms in total. The van der Waals surface area contributed by atoms with Gasteiger partial charge in [-0.05, 0) is 29.7 Å². The molecule has 2 rings (SSSR count). The SMILES string of the molecule is CCCc1cccc(C(NN)c2ncccc2Cl)c1. The quantitative estimate of drug-likeness (QED) is 0.651. The summed E-state index contributed by atoms with van der Waals surface area (Å²) in [6, 6.07) is 11.8. The van der Waals surface area contributed by atoms with Gasteiger partial charge in [-0.3, -0.25) is 10.8 Å². The molecule has 0 aliphatic carbocycles. The predicted octanol–water partition coefficient (Wildman–Crippen LogP) is 3.24. The third kappa shape index (κ3) is 3.32. The molecule has 4 heteroatoms. The van der Waals surface area contributed by atoms with E-state index in [2.05, 4.69) is 29.5 Å². The minimum absolute atomic E-state index is 0.189. The van der Waals surface area contributed by atoms with E-state index in [4.69, 9.17) is 17.4 Å². The zero-order chi connectivity index (χ0) is 13.7. The normalized spacial score (nSPS) is 12.4. The van der Waals surface area contributed by atoms with Crippen molar-refractivity contribution in [2.75, 3.05) is 0 Å². The van der Waals surface area contributed by atoms with Crippen molar-refractivity contribution in [2.45, 2.75) is 25.8 Å². The molecule has 1 aromatic carbocycles. The minimum atomic E-state index is -0.189. The fraction of sp³-hybridized carbons (Fsp3) is 0.267. The fourth-order valence-electron chi connectivity index (χ4n) is 2.16. The summed E-state index contributed by atoms with van der Waals surface area (Å²) in [5.41, 5.74) is 5.92. The number of nitrogens with one attached hydrogen (secondary N) is 1. The number of rotatable bonds is 5. The van der Waals surface area contributed by atoms with Gasteiger partial charge in [-0.1, -0.05) is 49.2 Å². The van der Waals surface area contributed by atoms with Crippen LogP contribution in [-0.4, -0.2) is 4.98 Å². The molecule has 1 atom stereocenters. The van der Waals surface area contributed by atoms with Gasteiger partial charge in [0.05, 0.1) is 16.8 Å². The number of nitrogens with two attached hydrogens (primary N) is 1. The molecule has 0 saturated heterocycles. The Morgan fingerprint density at radius 2 is 2.16 bits per heavy atom. The number of pyridine rings is 1. The standard InChI is InChI=1S/C15H18ClN3/c1-2-5-11-6-3-7-12(10-11)14(19-17)15-13(16)8-4-9-18-15/h3-4,6-10,14,19H,2,5,17H2,1H3. The number of nitrogens with zero attached hydrogens (tertiary/aromatic N) is 1. The molecule has 0 saturated carbocycles. The van der Waals surface area contributed by atoms with Crippen molar-refractivity contribution in [3.8, 4) is 0 Å². The maximum Gasteiger partial charge on any atom is 0.0896 e. The van der Waals surface area contributed by atoms with Gasteiger partial charge in [0.25, 0.3) is 0 Å². The summed E-state index contributed by atoms with van der Waals surface area (Å²) < 4.78 is 0. The van der Waals surface area contributed by atoms with E-state index in [9.17, 15) is 0 Å². The molecule has 0 radical (unpaired) electrons. The molecular formula is C15H18ClN3. The van der Waals surface area contributed by atoms with Crippen LogP contribution in [0.1, 0.15) is 36.2 Å². The first-order chi connectivity index (χ1) is 9.26. The molecule has 0 spiro atoms. The summed E-state index contributed by atoms with van der Waals surface area (Å²) >= 11 is 6.19. The average molecular weight is 276 g/mol. The zero-order valence-electron chi connectivity index (χ0n) is 10.9. The molecule has 100 valence electrons. The highest BCUT2D eigenvalue weighted by molar-refractivity contribution is 6.31. The van der Waals surface area contributed by atoms with Gasteiger partial charge in [-0.2, -0.15) is 0 Å². The zero-order valence-corrected chi connectivity index (χ0v) is 11.7. The molecule has 0 aliphatic rings. The van der Waals surface area contributed by atoms with E-state index in [0.29, 0.717) is 5.02 Å². The van der Waals surface area contributed by atoms with Crippen molar-refractivity contribution >= 4 is 11.6 Å². The molecule has 0 bridgehead atoms. The van der Waals surface area contributed by atoms with Crippen LogP contribution in [0, 0.1) is 0 Å². The van der Waals surface area contributed by atoms with Crippen molar-refractivity contribution in [3.05, 3.63) is 64.4 Å². The van der Waals surface area contributed by atoms with Crippen molar-refractivity contribution in [1.29, 1.82) is 0 Å². The molecule has 0 fully saturated rings. The van der Waals surface area contributed by atoms with E-state index in [0.717, 1.165) is 24.1 Å². The molecule has 3 N–H and O–H groups in total. The Morgan fingerprint density at radius 1 is 1.32 bits per heavy atom. The molecule has 1 aromatic heterocycles. The van der Waals surface area contributed by atoms with Crippen LogP contribution in [0.25, 0.3) is 0 Å². The van der Waals surface area contributed by atoms with Crippen LogP contribution in [0.2, 0.25) is 5.02 Å². The summed E-state index contributed by atoms with van der Waals surface area (Å²) in [5, 5.41) is 0.617. The predicted molar refractivity (Wildman–Crippen MR) is 78.9 cm³/mol. The molecule has 2 aromatic rings. The van der Waals surface area contributed by atoms with Gasteiger partial charge < -0.3 is 0 Å². The second kappa shape index (κ2) is 6.66. The first kappa shape index (κ1) is 14.0. The molecule has 0 amide bonds. The average Bonchev–Trinajstić information content (AvgIpc) is 2.43. The van der Waals surface area contributed by atoms with E-state index >= 15 is 0 Å². The Hall–Kier alpha value is -1.42. The summed E-state index contributed by atoms with van der Waals surface area (Å²) in [6.45, 7) is 2.17. The number of hydrazine groups is 1. The maximum absolute atomic E-state index is 6.19. The van der Waals surface area contributed by atoms with Gasteiger partial charge in [0.15, 0.2) is 0 Å². The van der Waals surface area contributed by atoms with E-state index < -0.39 is 0 Å². The van der Waals surface area contributed by atoms with Gasteiger partial charge in [0.2, 0.25) is 0 Å². The number of halogens is 1. The smallest absolute Gasteiger partial charge is 0.0896 e. The van der Waals surface area contributed by atoms with Crippen LogP contribution in [0.4, 0.5) is 0 Å². The topological polar surface area (TPSA) is 50.9 Å². The number of benzene rings is 1. The Balaban J connectivity index is 2.37. The van der Waals surface area contributed by atoms with Gasteiger partial charge in [-0.15, -0.1) is 0 Å². The van der Waals surface area contributed by atoms with E-state index in [1.807, 2.05) is 24.3 Å². The molecule has 1 heterocycles. The van der Waals surface area contributed by atoms with Gasteiger partial charge in [0.1, 0.15) is 0 Å². The summed E-state index contributed by atoms with van der Waals surface area (Å²) in [5.74, 6) is 5.68. The van der Waals surface area contributed by atoms with Crippen LogP contribution in [0.3, 0.4) is 0 Å². The lowest BCUT2D eigenvalue weighted by atomic mass is 9.99. The minimum Gasteiger partial charge on any atom is -0.271 e. The second-order valence-electron chi connectivity index (χ2n) is 4.47. The van der Waals surface area contributed by atoms with Gasteiger partial charge in [-0.25, -0.2) is 5.43 Å². The number of hydrogen-bond donors (Lipinski definition) is 2. The lowest BCUT2D eigenvalue weighted by molar-refractivity contribution is 0.620. The largest absolute Gasteiger partial charge is 0.271 e. The second-order valence-corrected chi connectivity index (χ2v) is 4.87. The number of aromatic nitrogens is 1. The molecular weight excluding hydrogens is 258 g/mol. The highest BCUT2D eigenvalue weighted by Gasteiger charge is 2.16. The van der Waals surface area contributed by atoms with Crippen LogP contribution in [0.15, 0.2) is 42.6 Å². The monoisotopic (exact) mass is 275 g/mol. The highest BCUT2D eigenvalue weighted by Crippen LogP contribution is 2.26. The fourth-order valence-corrected chi connectivity index (χ4v) is 2.39. The Morgan fingerprint density at radius 3 is 2.84 bits per heavy atom.